The molecular weight excluding hydrogens is 327 g/mol. The summed E-state index contributed by atoms with van der Waals surface area (Å²) in [5.74, 6) is 0. The predicted molar refractivity (Wildman–Crippen MR) is 102 cm³/mol. The first-order valence-electron chi connectivity index (χ1n) is 7.92. The molecule has 23 heavy (non-hydrogen) atoms. The van der Waals surface area contributed by atoms with Crippen molar-refractivity contribution in [1.82, 2.24) is 5.32 Å². The van der Waals surface area contributed by atoms with Crippen molar-refractivity contribution < 1.29 is 0 Å². The smallest absolute Gasteiger partial charge is 0.0453 e. The van der Waals surface area contributed by atoms with Crippen molar-refractivity contribution >= 4 is 30.5 Å². The minimum absolute atomic E-state index is 0. The summed E-state index contributed by atoms with van der Waals surface area (Å²) >= 11 is 0. The van der Waals surface area contributed by atoms with Gasteiger partial charge in [0.25, 0.3) is 0 Å². The predicted octanol–water partition coefficient (Wildman–Crippen LogP) is 4.15. The van der Waals surface area contributed by atoms with Crippen molar-refractivity contribution in [2.75, 3.05) is 24.5 Å². The van der Waals surface area contributed by atoms with Gasteiger partial charge < -0.3 is 10.2 Å². The van der Waals surface area contributed by atoms with Crippen LogP contribution in [0.25, 0.3) is 0 Å². The Morgan fingerprint density at radius 2 is 1.74 bits per heavy atom. The monoisotopic (exact) mass is 350 g/mol. The van der Waals surface area contributed by atoms with E-state index in [2.05, 4.69) is 65.7 Å². The molecule has 2 aromatic carbocycles. The third kappa shape index (κ3) is 2.96. The molecule has 0 fully saturated rings. The Hall–Kier alpha value is -1.22. The van der Waals surface area contributed by atoms with Crippen molar-refractivity contribution in [3.63, 3.8) is 0 Å². The second-order valence-electron chi connectivity index (χ2n) is 6.43. The Morgan fingerprint density at radius 1 is 0.957 bits per heavy atom. The zero-order valence-electron chi connectivity index (χ0n) is 13.4. The second-order valence-corrected chi connectivity index (χ2v) is 6.43. The van der Waals surface area contributed by atoms with Gasteiger partial charge in [0.1, 0.15) is 0 Å². The van der Waals surface area contributed by atoms with Gasteiger partial charge in [0.05, 0.1) is 0 Å². The van der Waals surface area contributed by atoms with Crippen LogP contribution in [-0.4, -0.2) is 19.6 Å². The summed E-state index contributed by atoms with van der Waals surface area (Å²) in [6.07, 6.45) is 1.19. The molecule has 1 N–H and O–H groups in total. The van der Waals surface area contributed by atoms with E-state index in [1.54, 1.807) is 0 Å². The third-order valence-electron chi connectivity index (χ3n) is 5.20. The van der Waals surface area contributed by atoms with Crippen LogP contribution in [0, 0.1) is 0 Å². The van der Waals surface area contributed by atoms with Gasteiger partial charge in [-0.15, -0.1) is 24.8 Å². The maximum Gasteiger partial charge on any atom is 0.0453 e. The highest BCUT2D eigenvalue weighted by molar-refractivity contribution is 5.85. The first-order chi connectivity index (χ1) is 10.3. The number of anilines is 1. The van der Waals surface area contributed by atoms with E-state index < -0.39 is 0 Å². The minimum atomic E-state index is 0. The number of hydrogen-bond acceptors (Lipinski definition) is 2. The zero-order chi connectivity index (χ0) is 14.3. The highest BCUT2D eigenvalue weighted by Gasteiger charge is 2.37. The average Bonchev–Trinajstić information content (AvgIpc) is 2.75. The normalized spacial score (nSPS) is 22.2. The van der Waals surface area contributed by atoms with Gasteiger partial charge >= 0.3 is 0 Å². The van der Waals surface area contributed by atoms with E-state index in [4.69, 9.17) is 0 Å². The fourth-order valence-corrected chi connectivity index (χ4v) is 3.92. The van der Waals surface area contributed by atoms with E-state index in [9.17, 15) is 0 Å². The largest absolute Gasteiger partial charge is 0.370 e. The summed E-state index contributed by atoms with van der Waals surface area (Å²) in [5.41, 5.74) is 6.01. The molecule has 4 rings (SSSR count). The molecule has 1 atom stereocenters. The van der Waals surface area contributed by atoms with E-state index in [0.717, 1.165) is 26.2 Å². The highest BCUT2D eigenvalue weighted by Crippen LogP contribution is 2.45. The molecule has 0 amide bonds. The summed E-state index contributed by atoms with van der Waals surface area (Å²) in [6.45, 7) is 6.75. The zero-order valence-corrected chi connectivity index (χ0v) is 15.1. The van der Waals surface area contributed by atoms with Crippen LogP contribution in [0.3, 0.4) is 0 Å². The number of rotatable bonds is 1. The van der Waals surface area contributed by atoms with Gasteiger partial charge in [0, 0.05) is 37.3 Å². The first-order valence-corrected chi connectivity index (χ1v) is 7.92. The molecule has 124 valence electrons. The molecule has 2 aromatic rings. The van der Waals surface area contributed by atoms with Gasteiger partial charge in [0.15, 0.2) is 0 Å². The molecule has 0 bridgehead atoms. The van der Waals surface area contributed by atoms with Crippen molar-refractivity contribution in [1.29, 1.82) is 0 Å². The van der Waals surface area contributed by atoms with Gasteiger partial charge in [0.2, 0.25) is 0 Å². The standard InChI is InChI=1S/C19H22N2.2ClH/c1-19(16-7-3-2-4-8-16)10-12-21-13-11-20-14-15-6-5-9-17(19)18(15)21;;/h2-9,20H,10-14H2,1H3;2*1H. The van der Waals surface area contributed by atoms with E-state index in [-0.39, 0.29) is 30.2 Å². The number of nitrogens with zero attached hydrogens (tertiary/aromatic N) is 1. The fraction of sp³-hybridized carbons (Fsp3) is 0.368. The topological polar surface area (TPSA) is 15.3 Å². The Labute approximate surface area is 151 Å². The number of nitrogens with one attached hydrogen (secondary N) is 1. The van der Waals surface area contributed by atoms with Crippen molar-refractivity contribution in [3.05, 3.63) is 65.2 Å². The van der Waals surface area contributed by atoms with Crippen LogP contribution in [0.1, 0.15) is 30.0 Å². The summed E-state index contributed by atoms with van der Waals surface area (Å²) in [6, 6.07) is 17.8. The Bertz CT molecular complexity index is 660. The maximum absolute atomic E-state index is 3.55. The average molecular weight is 351 g/mol. The number of halogens is 2. The molecule has 0 spiro atoms. The van der Waals surface area contributed by atoms with Gasteiger partial charge in [-0.1, -0.05) is 55.5 Å². The van der Waals surface area contributed by atoms with Gasteiger partial charge in [-0.05, 0) is 23.1 Å². The summed E-state index contributed by atoms with van der Waals surface area (Å²) in [5, 5.41) is 3.55. The van der Waals surface area contributed by atoms with Crippen LogP contribution in [0.5, 0.6) is 0 Å². The van der Waals surface area contributed by atoms with Crippen molar-refractivity contribution in [3.8, 4) is 0 Å². The van der Waals surface area contributed by atoms with E-state index in [1.807, 2.05) is 0 Å². The number of hydrogen-bond donors (Lipinski definition) is 1. The molecule has 2 aliphatic rings. The van der Waals surface area contributed by atoms with Crippen LogP contribution >= 0.6 is 24.8 Å². The number of benzene rings is 2. The lowest BCUT2D eigenvalue weighted by molar-refractivity contribution is 0.488. The van der Waals surface area contributed by atoms with E-state index in [0.29, 0.717) is 0 Å². The van der Waals surface area contributed by atoms with Crippen LogP contribution in [0.2, 0.25) is 0 Å². The lowest BCUT2D eigenvalue weighted by Gasteiger charge is -2.43. The summed E-state index contributed by atoms with van der Waals surface area (Å²) in [4.78, 5) is 2.58. The molecule has 2 heterocycles. The SMILES string of the molecule is CC1(c2ccccc2)CCN2CCNCc3cccc1c32.Cl.Cl. The number of para-hydroxylation sites is 1. The molecule has 0 radical (unpaired) electrons. The second kappa shape index (κ2) is 7.12. The maximum atomic E-state index is 3.55. The Morgan fingerprint density at radius 3 is 2.52 bits per heavy atom. The van der Waals surface area contributed by atoms with E-state index in [1.165, 1.54) is 28.8 Å². The Balaban J connectivity index is 0.000000960. The Kier molecular flexibility index (Phi) is 5.61. The van der Waals surface area contributed by atoms with Crippen LogP contribution in [0.4, 0.5) is 5.69 Å². The quantitative estimate of drug-likeness (QED) is 0.830. The minimum Gasteiger partial charge on any atom is -0.370 e. The third-order valence-corrected chi connectivity index (χ3v) is 5.20. The fourth-order valence-electron chi connectivity index (χ4n) is 3.92. The van der Waals surface area contributed by atoms with Gasteiger partial charge in [-0.3, -0.25) is 0 Å². The molecule has 0 saturated heterocycles. The molecular formula is C19H24Cl2N2. The molecule has 4 heteroatoms. The van der Waals surface area contributed by atoms with Gasteiger partial charge in [-0.25, -0.2) is 0 Å². The van der Waals surface area contributed by atoms with Crippen LogP contribution < -0.4 is 10.2 Å². The van der Waals surface area contributed by atoms with Gasteiger partial charge in [-0.2, -0.15) is 0 Å². The lowest BCUT2D eigenvalue weighted by atomic mass is 9.70. The lowest BCUT2D eigenvalue weighted by Crippen LogP contribution is -2.41. The van der Waals surface area contributed by atoms with Crippen LogP contribution in [-0.2, 0) is 12.0 Å². The molecule has 1 unspecified atom stereocenters. The van der Waals surface area contributed by atoms with Crippen molar-refractivity contribution in [2.45, 2.75) is 25.3 Å². The summed E-state index contributed by atoms with van der Waals surface area (Å²) in [7, 11) is 0. The van der Waals surface area contributed by atoms with E-state index >= 15 is 0 Å². The molecule has 2 nitrogen and oxygen atoms in total. The summed E-state index contributed by atoms with van der Waals surface area (Å²) < 4.78 is 0. The molecule has 0 saturated carbocycles. The molecule has 0 aromatic heterocycles. The molecule has 0 aliphatic carbocycles. The molecule has 2 aliphatic heterocycles. The van der Waals surface area contributed by atoms with Crippen LogP contribution in [0.15, 0.2) is 48.5 Å². The first kappa shape index (κ1) is 18.1. The van der Waals surface area contributed by atoms with Crippen molar-refractivity contribution in [2.24, 2.45) is 0 Å². The highest BCUT2D eigenvalue weighted by atomic mass is 35.5.